The van der Waals surface area contributed by atoms with Gasteiger partial charge in [-0.2, -0.15) is 0 Å². The summed E-state index contributed by atoms with van der Waals surface area (Å²) in [5.41, 5.74) is 0.786. The topological polar surface area (TPSA) is 78.3 Å². The van der Waals surface area contributed by atoms with Crippen LogP contribution in [0.4, 0.5) is 5.69 Å². The predicted octanol–water partition coefficient (Wildman–Crippen LogP) is 1.90. The van der Waals surface area contributed by atoms with Crippen LogP contribution in [0.1, 0.15) is 12.5 Å². The Labute approximate surface area is 96.2 Å². The highest BCUT2D eigenvalue weighted by Gasteiger charge is 2.10. The van der Waals surface area contributed by atoms with Gasteiger partial charge in [0.25, 0.3) is 11.2 Å². The van der Waals surface area contributed by atoms with E-state index in [9.17, 15) is 14.9 Å². The normalized spacial score (nSPS) is 10.4. The molecule has 6 nitrogen and oxygen atoms in total. The van der Waals surface area contributed by atoms with Crippen molar-refractivity contribution < 1.29 is 9.45 Å². The third-order valence-corrected chi connectivity index (χ3v) is 2.44. The third kappa shape index (κ3) is 1.96. The highest BCUT2D eigenvalue weighted by molar-refractivity contribution is 5.40. The lowest BCUT2D eigenvalue weighted by Crippen LogP contribution is -2.15. The van der Waals surface area contributed by atoms with E-state index in [-0.39, 0.29) is 11.2 Å². The van der Waals surface area contributed by atoms with Crippen molar-refractivity contribution in [3.05, 3.63) is 56.6 Å². The molecule has 0 saturated carbocycles. The Morgan fingerprint density at radius 1 is 1.35 bits per heavy atom. The summed E-state index contributed by atoms with van der Waals surface area (Å²) in [6, 6.07) is 5.61. The first-order valence-corrected chi connectivity index (χ1v) is 5.08. The lowest BCUT2D eigenvalue weighted by atomic mass is 10.2. The van der Waals surface area contributed by atoms with Gasteiger partial charge in [0.1, 0.15) is 6.26 Å². The van der Waals surface area contributed by atoms with Crippen LogP contribution >= 0.6 is 0 Å². The minimum absolute atomic E-state index is 0.0240. The molecule has 1 aromatic heterocycles. The molecule has 0 radical (unpaired) electrons. The predicted molar refractivity (Wildman–Crippen MR) is 60.3 cm³/mol. The summed E-state index contributed by atoms with van der Waals surface area (Å²) in [6.45, 7) is 1.85. The second-order valence-electron chi connectivity index (χ2n) is 3.48. The van der Waals surface area contributed by atoms with Gasteiger partial charge in [-0.1, -0.05) is 6.92 Å². The second-order valence-corrected chi connectivity index (χ2v) is 3.48. The summed E-state index contributed by atoms with van der Waals surface area (Å²) in [5.74, 6) is 0. The number of nitro benzene ring substituents is 1. The first-order valence-electron chi connectivity index (χ1n) is 5.08. The fourth-order valence-electron chi connectivity index (χ4n) is 1.47. The van der Waals surface area contributed by atoms with Crippen LogP contribution in [0.3, 0.4) is 0 Å². The van der Waals surface area contributed by atoms with E-state index in [1.54, 1.807) is 0 Å². The molecular weight excluding hydrogens is 224 g/mol. The largest absolute Gasteiger partial charge is 0.379 e. The fourth-order valence-corrected chi connectivity index (χ4v) is 1.47. The minimum atomic E-state index is -0.494. The standard InChI is InChI=1S/C11H10N2O4/c1-2-8-7-17-12(11(8)14)9-3-5-10(6-4-9)13(15)16/h3-7H,2H2,1H3. The number of non-ortho nitro benzene ring substituents is 1. The maximum absolute atomic E-state index is 11.8. The number of aromatic nitrogens is 1. The monoisotopic (exact) mass is 234 g/mol. The van der Waals surface area contributed by atoms with Gasteiger partial charge in [0.15, 0.2) is 0 Å². The number of hydrogen-bond donors (Lipinski definition) is 0. The van der Waals surface area contributed by atoms with Crippen LogP contribution in [0.5, 0.6) is 0 Å². The summed E-state index contributed by atoms with van der Waals surface area (Å²) in [7, 11) is 0. The lowest BCUT2D eigenvalue weighted by Gasteiger charge is -1.98. The van der Waals surface area contributed by atoms with Crippen LogP contribution in [-0.2, 0) is 6.42 Å². The molecule has 2 aromatic rings. The molecule has 0 fully saturated rings. The van der Waals surface area contributed by atoms with Crippen LogP contribution in [0.25, 0.3) is 5.69 Å². The molecule has 0 N–H and O–H groups in total. The molecule has 1 heterocycles. The summed E-state index contributed by atoms with van der Waals surface area (Å²) < 4.78 is 6.22. The van der Waals surface area contributed by atoms with Crippen LogP contribution in [0.2, 0.25) is 0 Å². The third-order valence-electron chi connectivity index (χ3n) is 2.44. The van der Waals surface area contributed by atoms with E-state index in [2.05, 4.69) is 0 Å². The van der Waals surface area contributed by atoms with Gasteiger partial charge in [0, 0.05) is 12.1 Å². The molecule has 0 aliphatic carbocycles. The molecule has 0 spiro atoms. The van der Waals surface area contributed by atoms with Crippen molar-refractivity contribution in [2.75, 3.05) is 0 Å². The van der Waals surface area contributed by atoms with E-state index < -0.39 is 4.92 Å². The van der Waals surface area contributed by atoms with Gasteiger partial charge in [-0.25, -0.2) is 0 Å². The van der Waals surface area contributed by atoms with Gasteiger partial charge in [0.05, 0.1) is 16.2 Å². The molecule has 0 aliphatic rings. The van der Waals surface area contributed by atoms with Gasteiger partial charge in [-0.05, 0) is 18.6 Å². The molecule has 0 saturated heterocycles. The Morgan fingerprint density at radius 3 is 2.47 bits per heavy atom. The zero-order valence-corrected chi connectivity index (χ0v) is 9.12. The zero-order valence-electron chi connectivity index (χ0n) is 9.12. The Hall–Kier alpha value is -2.37. The van der Waals surface area contributed by atoms with Crippen LogP contribution < -0.4 is 5.56 Å². The number of hydrogen-bond acceptors (Lipinski definition) is 4. The average molecular weight is 234 g/mol. The highest BCUT2D eigenvalue weighted by Crippen LogP contribution is 2.14. The zero-order chi connectivity index (χ0) is 12.4. The van der Waals surface area contributed by atoms with Gasteiger partial charge >= 0.3 is 0 Å². The molecule has 0 aliphatic heterocycles. The van der Waals surface area contributed by atoms with Crippen molar-refractivity contribution in [1.29, 1.82) is 0 Å². The quantitative estimate of drug-likeness (QED) is 0.600. The lowest BCUT2D eigenvalue weighted by molar-refractivity contribution is -0.384. The van der Waals surface area contributed by atoms with Gasteiger partial charge < -0.3 is 4.52 Å². The van der Waals surface area contributed by atoms with Crippen molar-refractivity contribution in [2.24, 2.45) is 0 Å². The summed E-state index contributed by atoms with van der Waals surface area (Å²) in [4.78, 5) is 21.7. The SMILES string of the molecule is CCc1con(-c2ccc([N+](=O)[O-])cc2)c1=O. The molecule has 88 valence electrons. The van der Waals surface area contributed by atoms with E-state index >= 15 is 0 Å². The van der Waals surface area contributed by atoms with E-state index in [0.717, 1.165) is 4.74 Å². The number of benzene rings is 1. The van der Waals surface area contributed by atoms with Crippen molar-refractivity contribution in [3.63, 3.8) is 0 Å². The van der Waals surface area contributed by atoms with Crippen molar-refractivity contribution in [3.8, 4) is 5.69 Å². The van der Waals surface area contributed by atoms with Crippen molar-refractivity contribution in [2.45, 2.75) is 13.3 Å². The Kier molecular flexibility index (Phi) is 2.78. The summed E-state index contributed by atoms with van der Waals surface area (Å²) in [5, 5.41) is 10.5. The Balaban J connectivity index is 2.43. The molecule has 1 aromatic carbocycles. The first kappa shape index (κ1) is 11.1. The van der Waals surface area contributed by atoms with Crippen LogP contribution in [-0.4, -0.2) is 9.66 Å². The molecule has 0 unspecified atom stereocenters. The minimum Gasteiger partial charge on any atom is -0.379 e. The van der Waals surface area contributed by atoms with Crippen molar-refractivity contribution >= 4 is 5.69 Å². The second kappa shape index (κ2) is 4.25. The van der Waals surface area contributed by atoms with Crippen LogP contribution in [0.15, 0.2) is 39.8 Å². The molecule has 17 heavy (non-hydrogen) atoms. The molecule has 0 atom stereocenters. The van der Waals surface area contributed by atoms with Crippen LogP contribution in [0, 0.1) is 10.1 Å². The Morgan fingerprint density at radius 2 is 2.00 bits per heavy atom. The van der Waals surface area contributed by atoms with E-state index in [0.29, 0.717) is 17.7 Å². The van der Waals surface area contributed by atoms with Crippen molar-refractivity contribution in [1.82, 2.24) is 4.74 Å². The number of nitro groups is 1. The fraction of sp³-hybridized carbons (Fsp3) is 0.182. The maximum atomic E-state index is 11.8. The molecule has 2 rings (SSSR count). The van der Waals surface area contributed by atoms with E-state index in [1.807, 2.05) is 6.92 Å². The van der Waals surface area contributed by atoms with E-state index in [4.69, 9.17) is 4.52 Å². The number of rotatable bonds is 3. The summed E-state index contributed by atoms with van der Waals surface area (Å²) >= 11 is 0. The number of nitrogens with zero attached hydrogens (tertiary/aromatic N) is 2. The summed E-state index contributed by atoms with van der Waals surface area (Å²) in [6.07, 6.45) is 1.98. The molecule has 0 amide bonds. The maximum Gasteiger partial charge on any atom is 0.290 e. The molecule has 0 bridgehead atoms. The van der Waals surface area contributed by atoms with Gasteiger partial charge in [-0.3, -0.25) is 14.9 Å². The smallest absolute Gasteiger partial charge is 0.290 e. The molecular formula is C11H10N2O4. The molecule has 6 heteroatoms. The number of aryl methyl sites for hydroxylation is 1. The van der Waals surface area contributed by atoms with E-state index in [1.165, 1.54) is 30.5 Å². The van der Waals surface area contributed by atoms with Gasteiger partial charge in [0.2, 0.25) is 0 Å². The first-order chi connectivity index (χ1) is 8.13. The Bertz CT molecular complexity index is 595. The highest BCUT2D eigenvalue weighted by atomic mass is 16.6. The average Bonchev–Trinajstić information content (AvgIpc) is 2.70. The van der Waals surface area contributed by atoms with Gasteiger partial charge in [-0.15, -0.1) is 4.74 Å².